The Morgan fingerprint density at radius 1 is 1.21 bits per heavy atom. The molecule has 0 aliphatic heterocycles. The van der Waals surface area contributed by atoms with Crippen LogP contribution in [-0.2, 0) is 28.5 Å². The minimum absolute atomic E-state index is 0.0163. The number of nitriles is 1. The molecule has 8 nitrogen and oxygen atoms in total. The van der Waals surface area contributed by atoms with Crippen LogP contribution in [0.15, 0.2) is 34.0 Å². The van der Waals surface area contributed by atoms with Gasteiger partial charge in [0.1, 0.15) is 18.5 Å². The second kappa shape index (κ2) is 7.91. The van der Waals surface area contributed by atoms with E-state index in [0.29, 0.717) is 11.6 Å². The molecule has 0 spiro atoms. The molecule has 0 bridgehead atoms. The van der Waals surface area contributed by atoms with E-state index in [9.17, 15) is 31.6 Å². The van der Waals surface area contributed by atoms with E-state index in [1.165, 1.54) is 30.7 Å². The Morgan fingerprint density at radius 2 is 1.85 bits per heavy atom. The van der Waals surface area contributed by atoms with Crippen molar-refractivity contribution in [3.63, 3.8) is 0 Å². The number of imidazole rings is 1. The van der Waals surface area contributed by atoms with Crippen LogP contribution in [-0.4, -0.2) is 35.6 Å². The van der Waals surface area contributed by atoms with Crippen LogP contribution in [0.5, 0.6) is 0 Å². The number of alkyl halides is 3. The number of fused-ring (bicyclic) bond motifs is 1. The molecule has 0 unspecified atom stereocenters. The van der Waals surface area contributed by atoms with Crippen LogP contribution >= 0.6 is 0 Å². The Bertz CT molecular complexity index is 1460. The molecule has 0 amide bonds. The van der Waals surface area contributed by atoms with Crippen LogP contribution < -0.4 is 10.4 Å². The van der Waals surface area contributed by atoms with E-state index in [0.717, 1.165) is 7.11 Å². The third kappa shape index (κ3) is 3.97. The smallest absolute Gasteiger partial charge is 0.413 e. The van der Waals surface area contributed by atoms with Crippen LogP contribution in [0.2, 0.25) is 0 Å². The fraction of sp³-hybridized carbons (Fsp3) is 0.381. The maximum atomic E-state index is 13.4. The highest BCUT2D eigenvalue weighted by atomic mass is 32.2. The van der Waals surface area contributed by atoms with E-state index in [-0.39, 0.29) is 37.8 Å². The Labute approximate surface area is 187 Å². The summed E-state index contributed by atoms with van der Waals surface area (Å²) in [6.07, 6.45) is -4.89. The van der Waals surface area contributed by atoms with E-state index in [1.54, 1.807) is 19.9 Å². The van der Waals surface area contributed by atoms with E-state index >= 15 is 0 Å². The van der Waals surface area contributed by atoms with Gasteiger partial charge < -0.3 is 9.40 Å². The lowest BCUT2D eigenvalue weighted by Gasteiger charge is -2.19. The summed E-state index contributed by atoms with van der Waals surface area (Å²) >= 11 is 0. The molecule has 2 aromatic heterocycles. The van der Waals surface area contributed by atoms with Gasteiger partial charge in [0.15, 0.2) is 15.5 Å². The maximum Gasteiger partial charge on any atom is 0.435 e. The molecule has 0 atom stereocenters. The molecule has 0 saturated carbocycles. The fourth-order valence-corrected chi connectivity index (χ4v) is 4.57. The molecule has 12 heteroatoms. The minimum atomic E-state index is -4.89. The molecule has 0 radical (unpaired) electrons. The van der Waals surface area contributed by atoms with Gasteiger partial charge >= 0.3 is 11.7 Å². The summed E-state index contributed by atoms with van der Waals surface area (Å²) in [5.74, 6) is -0.271. The summed E-state index contributed by atoms with van der Waals surface area (Å²) in [7, 11) is -1.50. The Balaban J connectivity index is 2.43. The Hall–Kier alpha value is -3.33. The fourth-order valence-electron chi connectivity index (χ4n) is 3.46. The molecule has 1 aromatic carbocycles. The van der Waals surface area contributed by atoms with E-state index in [1.807, 2.05) is 0 Å². The zero-order chi connectivity index (χ0) is 24.9. The molecule has 33 heavy (non-hydrogen) atoms. The van der Waals surface area contributed by atoms with Crippen LogP contribution in [0, 0.1) is 11.3 Å². The average Bonchev–Trinajstić information content (AvgIpc) is 3.09. The first-order chi connectivity index (χ1) is 15.2. The van der Waals surface area contributed by atoms with Crippen molar-refractivity contribution in [2.24, 2.45) is 7.05 Å². The van der Waals surface area contributed by atoms with Crippen molar-refractivity contribution >= 4 is 20.9 Å². The molecule has 176 valence electrons. The number of pyridine rings is 1. The number of nitrogens with zero attached hydrogens (tertiary/aromatic N) is 4. The first-order valence-electron chi connectivity index (χ1n) is 9.72. The summed E-state index contributed by atoms with van der Waals surface area (Å²) < 4.78 is 67.5. The molecule has 0 fully saturated rings. The molecular formula is C21H21F3N4O4S. The van der Waals surface area contributed by atoms with E-state index < -0.39 is 32.7 Å². The van der Waals surface area contributed by atoms with Gasteiger partial charge in [-0.25, -0.2) is 13.4 Å². The quantitative estimate of drug-likeness (QED) is 0.553. The van der Waals surface area contributed by atoms with Gasteiger partial charge in [-0.2, -0.15) is 18.4 Å². The third-order valence-corrected chi connectivity index (χ3v) is 7.18. The summed E-state index contributed by atoms with van der Waals surface area (Å²) in [4.78, 5) is 21.5. The summed E-state index contributed by atoms with van der Waals surface area (Å²) in [6.45, 7) is 4.71. The van der Waals surface area contributed by atoms with Crippen LogP contribution in [0.1, 0.15) is 32.0 Å². The SMILES string of the molecule is CCS(=O)(=O)c1cc(C(C)(C)C#N)ccc1-c1nc2cc(C(F)(F)F)n(OC)c(=O)c2n1C. The van der Waals surface area contributed by atoms with Gasteiger partial charge in [0.05, 0.1) is 27.6 Å². The van der Waals surface area contributed by atoms with Gasteiger partial charge in [0, 0.05) is 12.6 Å². The van der Waals surface area contributed by atoms with Gasteiger partial charge in [0.25, 0.3) is 0 Å². The Kier molecular flexibility index (Phi) is 5.83. The maximum absolute atomic E-state index is 13.4. The monoisotopic (exact) mass is 482 g/mol. The minimum Gasteiger partial charge on any atom is -0.413 e. The van der Waals surface area contributed by atoms with Crippen LogP contribution in [0.3, 0.4) is 0 Å². The first-order valence-corrected chi connectivity index (χ1v) is 11.4. The summed E-state index contributed by atoms with van der Waals surface area (Å²) in [5, 5.41) is 9.44. The normalized spacial score (nSPS) is 12.7. The third-order valence-electron chi connectivity index (χ3n) is 5.41. The summed E-state index contributed by atoms with van der Waals surface area (Å²) in [6, 6.07) is 7.14. The Morgan fingerprint density at radius 3 is 2.36 bits per heavy atom. The molecule has 0 aliphatic rings. The predicted octanol–water partition coefficient (Wildman–Crippen LogP) is 3.07. The van der Waals surface area contributed by atoms with Crippen molar-refractivity contribution < 1.29 is 26.4 Å². The zero-order valence-electron chi connectivity index (χ0n) is 18.5. The highest BCUT2D eigenvalue weighted by Gasteiger charge is 2.37. The lowest BCUT2D eigenvalue weighted by atomic mass is 9.86. The molecule has 0 N–H and O–H groups in total. The second-order valence-corrected chi connectivity index (χ2v) is 10.1. The number of halogens is 3. The molecule has 0 aliphatic carbocycles. The van der Waals surface area contributed by atoms with Gasteiger partial charge in [-0.1, -0.05) is 13.0 Å². The van der Waals surface area contributed by atoms with Crippen molar-refractivity contribution in [2.75, 3.05) is 12.9 Å². The molecule has 3 rings (SSSR count). The number of benzene rings is 1. The lowest BCUT2D eigenvalue weighted by molar-refractivity contribution is -0.151. The number of hydrogen-bond acceptors (Lipinski definition) is 6. The molecule has 3 aromatic rings. The lowest BCUT2D eigenvalue weighted by Crippen LogP contribution is -2.32. The van der Waals surface area contributed by atoms with Crippen molar-refractivity contribution in [1.29, 1.82) is 5.26 Å². The van der Waals surface area contributed by atoms with Gasteiger partial charge in [-0.05, 0) is 37.6 Å². The summed E-state index contributed by atoms with van der Waals surface area (Å²) in [5.41, 5.74) is -3.34. The van der Waals surface area contributed by atoms with Crippen LogP contribution in [0.25, 0.3) is 22.4 Å². The van der Waals surface area contributed by atoms with Crippen molar-refractivity contribution in [2.45, 2.75) is 37.3 Å². The van der Waals surface area contributed by atoms with Crippen molar-refractivity contribution in [1.82, 2.24) is 14.3 Å². The number of aromatic nitrogens is 3. The first kappa shape index (κ1) is 24.3. The van der Waals surface area contributed by atoms with Gasteiger partial charge in [-0.3, -0.25) is 4.79 Å². The zero-order valence-corrected chi connectivity index (χ0v) is 19.3. The van der Waals surface area contributed by atoms with E-state index in [4.69, 9.17) is 0 Å². The largest absolute Gasteiger partial charge is 0.435 e. The number of aryl methyl sites for hydroxylation is 1. The predicted molar refractivity (Wildman–Crippen MR) is 114 cm³/mol. The average molecular weight is 482 g/mol. The standard InChI is InChI=1S/C21H21F3N4O4S/c1-6-33(30,31)15-9-12(20(2,3)11-25)7-8-13(15)18-26-14-10-16(21(22,23)24)28(32-5)19(29)17(14)27(18)4/h7-10H,6H2,1-5H3. The van der Waals surface area contributed by atoms with Gasteiger partial charge in [0.2, 0.25) is 0 Å². The molecule has 2 heterocycles. The van der Waals surface area contributed by atoms with Crippen molar-refractivity contribution in [3.05, 3.63) is 45.9 Å². The second-order valence-electron chi connectivity index (χ2n) is 7.89. The van der Waals surface area contributed by atoms with Crippen LogP contribution in [0.4, 0.5) is 13.2 Å². The van der Waals surface area contributed by atoms with Crippen molar-refractivity contribution in [3.8, 4) is 17.5 Å². The highest BCUT2D eigenvalue weighted by Crippen LogP contribution is 2.35. The van der Waals surface area contributed by atoms with E-state index in [2.05, 4.69) is 15.9 Å². The highest BCUT2D eigenvalue weighted by molar-refractivity contribution is 7.91. The number of hydrogen-bond donors (Lipinski definition) is 0. The molecular weight excluding hydrogens is 461 g/mol. The van der Waals surface area contributed by atoms with Gasteiger partial charge in [-0.15, -0.1) is 4.73 Å². The number of sulfone groups is 1. The molecule has 0 saturated heterocycles. The topological polar surface area (TPSA) is 107 Å². The number of rotatable bonds is 5.